The van der Waals surface area contributed by atoms with Crippen molar-refractivity contribution in [3.63, 3.8) is 0 Å². The zero-order valence-electron chi connectivity index (χ0n) is 11.6. The Bertz CT molecular complexity index is 492. The van der Waals surface area contributed by atoms with Gasteiger partial charge in [-0.15, -0.1) is 0 Å². The highest BCUT2D eigenvalue weighted by molar-refractivity contribution is 5.95. The van der Waals surface area contributed by atoms with Gasteiger partial charge in [0.05, 0.1) is 0 Å². The summed E-state index contributed by atoms with van der Waals surface area (Å²) in [7, 11) is 0. The van der Waals surface area contributed by atoms with E-state index in [1.165, 1.54) is 16.7 Å². The van der Waals surface area contributed by atoms with E-state index < -0.39 is 0 Å². The normalized spacial score (nSPS) is 16.4. The van der Waals surface area contributed by atoms with Gasteiger partial charge in [0.2, 0.25) is 5.91 Å². The summed E-state index contributed by atoms with van der Waals surface area (Å²) < 4.78 is 0. The molecule has 3 N–H and O–H groups in total. The second kappa shape index (κ2) is 4.73. The number of nitrogens with one attached hydrogen (secondary N) is 1. The number of carbonyl (C=O) groups excluding carboxylic acids is 1. The first-order chi connectivity index (χ1) is 8.41. The van der Waals surface area contributed by atoms with Gasteiger partial charge in [0, 0.05) is 18.2 Å². The van der Waals surface area contributed by atoms with E-state index in [0.717, 1.165) is 17.7 Å². The molecule has 1 atom stereocenters. The quantitative estimate of drug-likeness (QED) is 0.843. The van der Waals surface area contributed by atoms with Gasteiger partial charge in [-0.3, -0.25) is 4.79 Å². The van der Waals surface area contributed by atoms with Crippen LogP contribution in [0.3, 0.4) is 0 Å². The number of anilines is 1. The Hall–Kier alpha value is -1.35. The molecule has 0 bridgehead atoms. The molecule has 0 fully saturated rings. The highest BCUT2D eigenvalue weighted by atomic mass is 16.1. The minimum Gasteiger partial charge on any atom is -0.326 e. The summed E-state index contributed by atoms with van der Waals surface area (Å²) in [4.78, 5) is 11.5. The largest absolute Gasteiger partial charge is 0.326 e. The number of hydrogen-bond acceptors (Lipinski definition) is 2. The van der Waals surface area contributed by atoms with Crippen LogP contribution in [0.5, 0.6) is 0 Å². The van der Waals surface area contributed by atoms with Crippen LogP contribution in [0, 0.1) is 19.8 Å². The third-order valence-corrected chi connectivity index (χ3v) is 3.98. The summed E-state index contributed by atoms with van der Waals surface area (Å²) in [6, 6.07) is 2.24. The van der Waals surface area contributed by atoms with Gasteiger partial charge in [-0.25, -0.2) is 0 Å². The van der Waals surface area contributed by atoms with E-state index in [0.29, 0.717) is 12.3 Å². The molecule has 0 spiro atoms. The average Bonchev–Trinajstić information content (AvgIpc) is 2.33. The number of benzene rings is 1. The molecule has 0 aromatic heterocycles. The summed E-state index contributed by atoms with van der Waals surface area (Å²) >= 11 is 0. The Morgan fingerprint density at radius 2 is 1.89 bits per heavy atom. The molecular weight excluding hydrogens is 224 g/mol. The molecule has 0 saturated carbocycles. The fraction of sp³-hybridized carbons (Fsp3) is 0.533. The number of carbonyl (C=O) groups is 1. The van der Waals surface area contributed by atoms with Crippen LogP contribution in [0.1, 0.15) is 48.6 Å². The number of amides is 1. The first-order valence-electron chi connectivity index (χ1n) is 6.60. The maximum absolute atomic E-state index is 11.5. The molecule has 2 rings (SSSR count). The van der Waals surface area contributed by atoms with Crippen LogP contribution in [0.4, 0.5) is 5.69 Å². The molecule has 1 aliphatic rings. The first-order valence-corrected chi connectivity index (χ1v) is 6.60. The van der Waals surface area contributed by atoms with Gasteiger partial charge in [-0.05, 0) is 48.4 Å². The van der Waals surface area contributed by atoms with E-state index in [-0.39, 0.29) is 11.9 Å². The molecular formula is C15H22N2O. The molecule has 3 heteroatoms. The molecule has 98 valence electrons. The minimum atomic E-state index is 0.0617. The highest BCUT2D eigenvalue weighted by Crippen LogP contribution is 2.34. The van der Waals surface area contributed by atoms with E-state index in [1.54, 1.807) is 0 Å². The Labute approximate surface area is 109 Å². The zero-order chi connectivity index (χ0) is 13.4. The minimum absolute atomic E-state index is 0.0617. The lowest BCUT2D eigenvalue weighted by molar-refractivity contribution is -0.116. The maximum Gasteiger partial charge on any atom is 0.224 e. The van der Waals surface area contributed by atoms with Crippen LogP contribution in [-0.4, -0.2) is 5.91 Å². The van der Waals surface area contributed by atoms with Crippen molar-refractivity contribution in [1.82, 2.24) is 0 Å². The van der Waals surface area contributed by atoms with E-state index in [1.807, 2.05) is 0 Å². The van der Waals surface area contributed by atoms with Crippen molar-refractivity contribution < 1.29 is 4.79 Å². The lowest BCUT2D eigenvalue weighted by atomic mass is 9.86. The third kappa shape index (κ3) is 2.15. The van der Waals surface area contributed by atoms with Crippen LogP contribution in [0.2, 0.25) is 0 Å². The molecule has 0 radical (unpaired) electrons. The molecule has 1 aliphatic heterocycles. The van der Waals surface area contributed by atoms with Crippen molar-refractivity contribution in [3.8, 4) is 0 Å². The van der Waals surface area contributed by atoms with Crippen LogP contribution >= 0.6 is 0 Å². The van der Waals surface area contributed by atoms with Crippen molar-refractivity contribution in [3.05, 3.63) is 28.3 Å². The SMILES string of the molecule is Cc1c(C(N)C(C)C)cc2c(c1C)NC(=O)CC2. The summed E-state index contributed by atoms with van der Waals surface area (Å²) in [6.07, 6.45) is 1.39. The monoisotopic (exact) mass is 246 g/mol. The number of nitrogens with two attached hydrogens (primary N) is 1. The Kier molecular flexibility index (Phi) is 3.44. The number of aryl methyl sites for hydroxylation is 1. The molecule has 0 saturated heterocycles. The Balaban J connectivity index is 2.53. The summed E-state index contributed by atoms with van der Waals surface area (Å²) in [5.74, 6) is 0.533. The van der Waals surface area contributed by atoms with Gasteiger partial charge >= 0.3 is 0 Å². The molecule has 1 unspecified atom stereocenters. The number of hydrogen-bond donors (Lipinski definition) is 2. The molecule has 1 amide bonds. The average molecular weight is 246 g/mol. The summed E-state index contributed by atoms with van der Waals surface area (Å²) in [6.45, 7) is 8.44. The second-order valence-electron chi connectivity index (χ2n) is 5.57. The van der Waals surface area contributed by atoms with E-state index in [4.69, 9.17) is 5.73 Å². The lowest BCUT2D eigenvalue weighted by Crippen LogP contribution is -2.23. The van der Waals surface area contributed by atoms with Crippen molar-refractivity contribution in [2.24, 2.45) is 11.7 Å². The van der Waals surface area contributed by atoms with Crippen molar-refractivity contribution >= 4 is 11.6 Å². The molecule has 1 heterocycles. The number of fused-ring (bicyclic) bond motifs is 1. The summed E-state index contributed by atoms with van der Waals surface area (Å²) in [5.41, 5.74) is 12.1. The van der Waals surface area contributed by atoms with Crippen molar-refractivity contribution in [2.75, 3.05) is 5.32 Å². The van der Waals surface area contributed by atoms with Crippen molar-refractivity contribution in [2.45, 2.75) is 46.6 Å². The Morgan fingerprint density at radius 1 is 1.22 bits per heavy atom. The van der Waals surface area contributed by atoms with Crippen LogP contribution in [0.15, 0.2) is 6.07 Å². The third-order valence-electron chi connectivity index (χ3n) is 3.98. The van der Waals surface area contributed by atoms with Gasteiger partial charge in [-0.2, -0.15) is 0 Å². The van der Waals surface area contributed by atoms with Gasteiger partial charge in [0.25, 0.3) is 0 Å². The first kappa shape index (κ1) is 13.1. The molecule has 3 nitrogen and oxygen atoms in total. The Morgan fingerprint density at radius 3 is 2.50 bits per heavy atom. The van der Waals surface area contributed by atoms with Crippen LogP contribution in [0.25, 0.3) is 0 Å². The lowest BCUT2D eigenvalue weighted by Gasteiger charge is -2.26. The van der Waals surface area contributed by atoms with Gasteiger partial charge in [0.15, 0.2) is 0 Å². The maximum atomic E-state index is 11.5. The molecule has 1 aromatic rings. The predicted molar refractivity (Wildman–Crippen MR) is 74.6 cm³/mol. The van der Waals surface area contributed by atoms with Crippen LogP contribution in [-0.2, 0) is 11.2 Å². The molecule has 0 aliphatic carbocycles. The zero-order valence-corrected chi connectivity index (χ0v) is 11.6. The topological polar surface area (TPSA) is 55.1 Å². The van der Waals surface area contributed by atoms with Crippen LogP contribution < -0.4 is 11.1 Å². The van der Waals surface area contributed by atoms with E-state index in [2.05, 4.69) is 39.1 Å². The number of rotatable bonds is 2. The highest BCUT2D eigenvalue weighted by Gasteiger charge is 2.22. The van der Waals surface area contributed by atoms with Crippen molar-refractivity contribution in [1.29, 1.82) is 0 Å². The van der Waals surface area contributed by atoms with Gasteiger partial charge < -0.3 is 11.1 Å². The van der Waals surface area contributed by atoms with Gasteiger partial charge in [0.1, 0.15) is 0 Å². The fourth-order valence-corrected chi connectivity index (χ4v) is 2.54. The van der Waals surface area contributed by atoms with E-state index >= 15 is 0 Å². The van der Waals surface area contributed by atoms with Gasteiger partial charge in [-0.1, -0.05) is 19.9 Å². The fourth-order valence-electron chi connectivity index (χ4n) is 2.54. The predicted octanol–water partition coefficient (Wildman–Crippen LogP) is 2.84. The second-order valence-corrected chi connectivity index (χ2v) is 5.57. The van der Waals surface area contributed by atoms with E-state index in [9.17, 15) is 4.79 Å². The smallest absolute Gasteiger partial charge is 0.224 e. The summed E-state index contributed by atoms with van der Waals surface area (Å²) in [5, 5.41) is 2.98. The standard InChI is InChI=1S/C15H22N2O/c1-8(2)14(16)12-7-11-5-6-13(18)17-15(11)10(4)9(12)3/h7-8,14H,5-6,16H2,1-4H3,(H,17,18). The molecule has 1 aromatic carbocycles. The molecule has 18 heavy (non-hydrogen) atoms.